The molecule has 0 bridgehead atoms. The van der Waals surface area contributed by atoms with Crippen molar-refractivity contribution in [2.45, 2.75) is 31.2 Å². The third kappa shape index (κ3) is 1.79. The quantitative estimate of drug-likeness (QED) is 0.849. The van der Waals surface area contributed by atoms with Crippen molar-refractivity contribution in [3.8, 4) is 5.75 Å². The van der Waals surface area contributed by atoms with Gasteiger partial charge >= 0.3 is 0 Å². The Hall–Kier alpha value is -0.870. The van der Waals surface area contributed by atoms with E-state index in [1.165, 1.54) is 13.2 Å². The van der Waals surface area contributed by atoms with E-state index in [2.05, 4.69) is 0 Å². The van der Waals surface area contributed by atoms with Crippen molar-refractivity contribution < 1.29 is 13.5 Å². The van der Waals surface area contributed by atoms with Gasteiger partial charge in [-0.2, -0.15) is 0 Å². The maximum absolute atomic E-state index is 14.1. The lowest BCUT2D eigenvalue weighted by molar-refractivity contribution is 0.353. The lowest BCUT2D eigenvalue weighted by Gasteiger charge is -2.22. The third-order valence-corrected chi connectivity index (χ3v) is 3.79. The normalized spacial score (nSPS) is 18.9. The molecular weight excluding hydrogens is 248 g/mol. The van der Waals surface area contributed by atoms with E-state index in [-0.39, 0.29) is 11.1 Å². The molecule has 1 unspecified atom stereocenters. The van der Waals surface area contributed by atoms with E-state index in [0.29, 0.717) is 5.56 Å². The molecule has 0 spiro atoms. The van der Waals surface area contributed by atoms with Crippen LogP contribution in [0.2, 0.25) is 5.02 Å². The number of ether oxygens (including phenoxy) is 1. The zero-order chi connectivity index (χ0) is 12.8. The van der Waals surface area contributed by atoms with E-state index in [1.807, 2.05) is 6.92 Å². The van der Waals surface area contributed by atoms with Crippen molar-refractivity contribution in [1.82, 2.24) is 0 Å². The number of halogens is 3. The molecule has 1 saturated carbocycles. The van der Waals surface area contributed by atoms with Crippen LogP contribution in [0.25, 0.3) is 0 Å². The molecule has 1 fully saturated rings. The lowest BCUT2D eigenvalue weighted by Crippen LogP contribution is -2.32. The Balaban J connectivity index is 2.60. The number of nitrogens with two attached hydrogens (primary N) is 1. The maximum Gasteiger partial charge on any atom is 0.192 e. The smallest absolute Gasteiger partial charge is 0.192 e. The number of benzene rings is 1. The minimum absolute atomic E-state index is 0.134. The molecule has 0 aliphatic heterocycles. The molecule has 0 aromatic heterocycles. The summed E-state index contributed by atoms with van der Waals surface area (Å²) < 4.78 is 32.4. The van der Waals surface area contributed by atoms with Crippen molar-refractivity contribution in [2.24, 2.45) is 5.73 Å². The average Bonchev–Trinajstić information content (AvgIpc) is 3.05. The molecule has 2 nitrogen and oxygen atoms in total. The molecule has 5 heteroatoms. The number of hydrogen-bond acceptors (Lipinski definition) is 2. The molecular formula is C12H14ClF2NO. The fraction of sp³-hybridized carbons (Fsp3) is 0.500. The Labute approximate surface area is 104 Å². The van der Waals surface area contributed by atoms with Crippen molar-refractivity contribution in [3.63, 3.8) is 0 Å². The highest BCUT2D eigenvalue weighted by Gasteiger charge is 2.50. The minimum Gasteiger partial charge on any atom is -0.491 e. The summed E-state index contributed by atoms with van der Waals surface area (Å²) in [6.45, 7) is 1.82. The third-order valence-electron chi connectivity index (χ3n) is 3.52. The van der Waals surface area contributed by atoms with E-state index in [1.54, 1.807) is 0 Å². The average molecular weight is 262 g/mol. The Bertz CT molecular complexity index is 458. The largest absolute Gasteiger partial charge is 0.491 e. The Kier molecular flexibility index (Phi) is 3.04. The fourth-order valence-electron chi connectivity index (χ4n) is 2.23. The van der Waals surface area contributed by atoms with Gasteiger partial charge in [-0.15, -0.1) is 0 Å². The van der Waals surface area contributed by atoms with Crippen LogP contribution in [0.1, 0.15) is 25.3 Å². The van der Waals surface area contributed by atoms with E-state index < -0.39 is 22.8 Å². The minimum atomic E-state index is -0.865. The second-order valence-corrected chi connectivity index (χ2v) is 4.92. The van der Waals surface area contributed by atoms with Gasteiger partial charge in [-0.3, -0.25) is 0 Å². The van der Waals surface area contributed by atoms with Crippen LogP contribution >= 0.6 is 11.6 Å². The number of rotatable bonds is 3. The van der Waals surface area contributed by atoms with Gasteiger partial charge in [-0.25, -0.2) is 8.78 Å². The molecule has 1 aliphatic carbocycles. The van der Waals surface area contributed by atoms with Crippen LogP contribution in [0.4, 0.5) is 8.78 Å². The molecule has 1 aromatic rings. The molecule has 1 aliphatic rings. The van der Waals surface area contributed by atoms with E-state index in [9.17, 15) is 8.78 Å². The predicted octanol–water partition coefficient (Wildman–Crippen LogP) is 3.01. The molecule has 2 rings (SSSR count). The monoisotopic (exact) mass is 261 g/mol. The second-order valence-electron chi connectivity index (χ2n) is 4.51. The second kappa shape index (κ2) is 4.10. The first-order valence-corrected chi connectivity index (χ1v) is 5.79. The molecule has 0 heterocycles. The van der Waals surface area contributed by atoms with Crippen molar-refractivity contribution >= 4 is 11.6 Å². The Morgan fingerprint density at radius 2 is 2.00 bits per heavy atom. The summed E-state index contributed by atoms with van der Waals surface area (Å²) in [7, 11) is 1.22. The van der Waals surface area contributed by atoms with Crippen LogP contribution in [0, 0.1) is 11.6 Å². The van der Waals surface area contributed by atoms with Crippen molar-refractivity contribution in [1.29, 1.82) is 0 Å². The van der Waals surface area contributed by atoms with Crippen LogP contribution < -0.4 is 10.5 Å². The van der Waals surface area contributed by atoms with Crippen LogP contribution in [0.15, 0.2) is 6.07 Å². The van der Waals surface area contributed by atoms with Crippen LogP contribution in [0.3, 0.4) is 0 Å². The summed E-state index contributed by atoms with van der Waals surface area (Å²) >= 11 is 5.75. The summed E-state index contributed by atoms with van der Waals surface area (Å²) in [5.41, 5.74) is 5.80. The predicted molar refractivity (Wildman–Crippen MR) is 62.5 cm³/mol. The van der Waals surface area contributed by atoms with Gasteiger partial charge in [-0.05, 0) is 25.8 Å². The highest BCUT2D eigenvalue weighted by atomic mass is 35.5. The summed E-state index contributed by atoms with van der Waals surface area (Å²) in [6, 6.07) is 1.12. The molecule has 0 amide bonds. The van der Waals surface area contributed by atoms with E-state index >= 15 is 0 Å². The van der Waals surface area contributed by atoms with E-state index in [0.717, 1.165) is 12.8 Å². The van der Waals surface area contributed by atoms with Crippen molar-refractivity contribution in [3.05, 3.63) is 28.3 Å². The van der Waals surface area contributed by atoms with E-state index in [4.69, 9.17) is 22.1 Å². The van der Waals surface area contributed by atoms with Gasteiger partial charge in [0.25, 0.3) is 0 Å². The van der Waals surface area contributed by atoms with Gasteiger partial charge in [0.15, 0.2) is 17.4 Å². The highest BCUT2D eigenvalue weighted by Crippen LogP contribution is 2.53. The first-order chi connectivity index (χ1) is 7.94. The zero-order valence-electron chi connectivity index (χ0n) is 9.69. The highest BCUT2D eigenvalue weighted by molar-refractivity contribution is 6.31. The summed E-state index contributed by atoms with van der Waals surface area (Å²) in [5.74, 6) is -1.99. The van der Waals surface area contributed by atoms with Crippen molar-refractivity contribution in [2.75, 3.05) is 7.11 Å². The lowest BCUT2D eigenvalue weighted by atomic mass is 9.89. The van der Waals surface area contributed by atoms with Crippen LogP contribution in [-0.4, -0.2) is 13.2 Å². The van der Waals surface area contributed by atoms with Crippen LogP contribution in [-0.2, 0) is 5.41 Å². The van der Waals surface area contributed by atoms with Crippen LogP contribution in [0.5, 0.6) is 5.75 Å². The first kappa shape index (κ1) is 12.6. The maximum atomic E-state index is 14.1. The first-order valence-electron chi connectivity index (χ1n) is 5.41. The van der Waals surface area contributed by atoms with Gasteiger partial charge in [0.05, 0.1) is 12.1 Å². The summed E-state index contributed by atoms with van der Waals surface area (Å²) in [5, 5.41) is -0.134. The number of methoxy groups -OCH3 is 1. The molecule has 94 valence electrons. The molecule has 1 atom stereocenters. The van der Waals surface area contributed by atoms with Gasteiger partial charge in [0.2, 0.25) is 0 Å². The standard InChI is InChI=1S/C12H14ClF2NO/c1-6(16)12(3-4-12)7-5-8(13)10(15)11(17-2)9(7)14/h5-6H,3-4,16H2,1-2H3. The summed E-state index contributed by atoms with van der Waals surface area (Å²) in [4.78, 5) is 0. The van der Waals surface area contributed by atoms with Gasteiger partial charge in [-0.1, -0.05) is 11.6 Å². The van der Waals surface area contributed by atoms with Gasteiger partial charge in [0, 0.05) is 17.0 Å². The number of hydrogen-bond donors (Lipinski definition) is 1. The molecule has 1 aromatic carbocycles. The van der Waals surface area contributed by atoms with Gasteiger partial charge in [0.1, 0.15) is 0 Å². The Morgan fingerprint density at radius 1 is 1.41 bits per heavy atom. The van der Waals surface area contributed by atoms with Gasteiger partial charge < -0.3 is 10.5 Å². The summed E-state index contributed by atoms with van der Waals surface area (Å²) in [6.07, 6.45) is 1.57. The Morgan fingerprint density at radius 3 is 2.41 bits per heavy atom. The SMILES string of the molecule is COc1c(F)c(Cl)cc(C2(C(C)N)CC2)c1F. The topological polar surface area (TPSA) is 35.2 Å². The molecule has 0 radical (unpaired) electrons. The molecule has 17 heavy (non-hydrogen) atoms. The molecule has 2 N–H and O–H groups in total. The molecule has 0 saturated heterocycles. The zero-order valence-corrected chi connectivity index (χ0v) is 10.4. The fourth-order valence-corrected chi connectivity index (χ4v) is 2.42.